The molecule has 7 nitrogen and oxygen atoms in total. The molecule has 1 aromatic heterocycles. The second-order valence-corrected chi connectivity index (χ2v) is 7.86. The van der Waals surface area contributed by atoms with Crippen LogP contribution >= 0.6 is 11.8 Å². The topological polar surface area (TPSA) is 109 Å². The summed E-state index contributed by atoms with van der Waals surface area (Å²) in [6, 6.07) is 0. The molecule has 1 amide bonds. The summed E-state index contributed by atoms with van der Waals surface area (Å²) < 4.78 is 0. The van der Waals surface area contributed by atoms with Gasteiger partial charge in [0.15, 0.2) is 5.78 Å². The fourth-order valence-corrected chi connectivity index (χ4v) is 3.23. The number of aliphatic hydroxyl groups is 1. The molecular formula is C20H30N4O3S. The van der Waals surface area contributed by atoms with Crippen molar-refractivity contribution in [2.45, 2.75) is 53.5 Å². The quantitative estimate of drug-likeness (QED) is 0.405. The minimum atomic E-state index is -0.0582. The Morgan fingerprint density at radius 1 is 1.39 bits per heavy atom. The Balaban J connectivity index is 2.90. The summed E-state index contributed by atoms with van der Waals surface area (Å²) in [6.07, 6.45) is 5.61. The lowest BCUT2D eigenvalue weighted by molar-refractivity contribution is -0.117. The fraction of sp³-hybridized carbons (Fsp3) is 0.500. The molecule has 0 radical (unpaired) electrons. The molecule has 0 atom stereocenters. The van der Waals surface area contributed by atoms with Crippen LogP contribution in [0.25, 0.3) is 0 Å². The average molecular weight is 407 g/mol. The summed E-state index contributed by atoms with van der Waals surface area (Å²) in [4.78, 5) is 34.1. The lowest BCUT2D eigenvalue weighted by atomic mass is 10.1. The van der Waals surface area contributed by atoms with E-state index in [2.05, 4.69) is 23.8 Å². The number of amides is 1. The number of carbonyl (C=O) groups excluding carboxylic acids is 2. The molecule has 0 unspecified atom stereocenters. The van der Waals surface area contributed by atoms with E-state index in [-0.39, 0.29) is 18.9 Å². The highest BCUT2D eigenvalue weighted by Gasteiger charge is 2.13. The Morgan fingerprint density at radius 2 is 2.11 bits per heavy atom. The average Bonchev–Trinajstić information content (AvgIpc) is 2.64. The minimum Gasteiger partial charge on any atom is -0.396 e. The van der Waals surface area contributed by atoms with E-state index in [1.165, 1.54) is 16.7 Å². The smallest absolute Gasteiger partial charge is 0.214 e. The van der Waals surface area contributed by atoms with Gasteiger partial charge in [0.1, 0.15) is 11.6 Å². The van der Waals surface area contributed by atoms with Crippen LogP contribution in [0, 0.1) is 12.8 Å². The van der Waals surface area contributed by atoms with Crippen molar-refractivity contribution in [2.24, 2.45) is 5.92 Å². The number of nitrogens with zero attached hydrogens (tertiary/aromatic N) is 3. The number of carbonyl (C=O) groups is 2. The first-order valence-corrected chi connectivity index (χ1v) is 10.1. The standard InChI is InChI=1S/C20H30N4O3S/c1-14(2)5-6-18(27)8-10-28-19(7-9-25)15(3)24(13-26)12-17-11-22-16(4)23-20(17)21/h8,10-11,13-14,25H,5-7,9,12H2,1-4H3,(H2,21,22,23)/b10-8+,19-15+. The largest absolute Gasteiger partial charge is 0.396 e. The van der Waals surface area contributed by atoms with E-state index in [0.717, 1.165) is 11.3 Å². The predicted octanol–water partition coefficient (Wildman–Crippen LogP) is 3.19. The fourth-order valence-electron chi connectivity index (χ4n) is 2.35. The molecule has 0 spiro atoms. The lowest BCUT2D eigenvalue weighted by Crippen LogP contribution is -2.21. The summed E-state index contributed by atoms with van der Waals surface area (Å²) in [5.41, 5.74) is 7.25. The summed E-state index contributed by atoms with van der Waals surface area (Å²) in [5, 5.41) is 11.1. The van der Waals surface area contributed by atoms with E-state index < -0.39 is 0 Å². The molecule has 3 N–H and O–H groups in total. The molecule has 0 aliphatic rings. The Bertz CT molecular complexity index is 732. The van der Waals surface area contributed by atoms with Gasteiger partial charge in [-0.2, -0.15) is 0 Å². The van der Waals surface area contributed by atoms with Crippen LogP contribution in [-0.4, -0.2) is 38.8 Å². The van der Waals surface area contributed by atoms with Gasteiger partial charge >= 0.3 is 0 Å². The van der Waals surface area contributed by atoms with Gasteiger partial charge in [0.05, 0.1) is 6.54 Å². The number of hydrogen-bond acceptors (Lipinski definition) is 7. The van der Waals surface area contributed by atoms with Crippen LogP contribution in [-0.2, 0) is 16.1 Å². The van der Waals surface area contributed by atoms with Crippen molar-refractivity contribution in [1.82, 2.24) is 14.9 Å². The zero-order chi connectivity index (χ0) is 21.1. The summed E-state index contributed by atoms with van der Waals surface area (Å²) in [5.74, 6) is 1.45. The molecule has 8 heteroatoms. The number of ketones is 1. The number of aryl methyl sites for hydroxylation is 1. The van der Waals surface area contributed by atoms with Gasteiger partial charge in [0.2, 0.25) is 6.41 Å². The number of aliphatic hydroxyl groups excluding tert-OH is 1. The monoisotopic (exact) mass is 406 g/mol. The SMILES string of the molecule is C/C(=C(/CCO)S/C=C/C(=O)CCC(C)C)N(C=O)Cc1cnc(C)nc1N. The Hall–Kier alpha value is -2.19. The minimum absolute atomic E-state index is 0.0582. The van der Waals surface area contributed by atoms with Crippen molar-refractivity contribution < 1.29 is 14.7 Å². The van der Waals surface area contributed by atoms with Gasteiger partial charge < -0.3 is 15.7 Å². The molecule has 0 saturated heterocycles. The number of thioether (sulfide) groups is 1. The van der Waals surface area contributed by atoms with Crippen molar-refractivity contribution in [2.75, 3.05) is 12.3 Å². The maximum Gasteiger partial charge on any atom is 0.214 e. The van der Waals surface area contributed by atoms with E-state index in [1.54, 1.807) is 31.5 Å². The highest BCUT2D eigenvalue weighted by Crippen LogP contribution is 2.27. The molecule has 1 aromatic rings. The van der Waals surface area contributed by atoms with Crippen LogP contribution in [0.1, 0.15) is 51.4 Å². The molecule has 28 heavy (non-hydrogen) atoms. The number of anilines is 1. The Morgan fingerprint density at radius 3 is 2.68 bits per heavy atom. The van der Waals surface area contributed by atoms with Gasteiger partial charge in [0, 0.05) is 41.8 Å². The first kappa shape index (κ1) is 23.8. The molecular weight excluding hydrogens is 376 g/mol. The molecule has 0 saturated carbocycles. The van der Waals surface area contributed by atoms with Crippen LogP contribution in [0.2, 0.25) is 0 Å². The normalized spacial score (nSPS) is 12.4. The second kappa shape index (κ2) is 12.3. The van der Waals surface area contributed by atoms with Crippen molar-refractivity contribution in [1.29, 1.82) is 0 Å². The van der Waals surface area contributed by atoms with Crippen LogP contribution in [0.5, 0.6) is 0 Å². The first-order valence-electron chi connectivity index (χ1n) is 9.25. The number of nitrogen functional groups attached to an aromatic ring is 1. The molecule has 0 aliphatic carbocycles. The predicted molar refractivity (Wildman–Crippen MR) is 113 cm³/mol. The van der Waals surface area contributed by atoms with Crippen LogP contribution in [0.15, 0.2) is 28.3 Å². The van der Waals surface area contributed by atoms with Gasteiger partial charge in [0.25, 0.3) is 0 Å². The Labute approximate surface area is 171 Å². The van der Waals surface area contributed by atoms with E-state index in [4.69, 9.17) is 5.73 Å². The third kappa shape index (κ3) is 8.22. The molecule has 154 valence electrons. The van der Waals surface area contributed by atoms with Gasteiger partial charge in [-0.05, 0) is 37.7 Å². The highest BCUT2D eigenvalue weighted by atomic mass is 32.2. The van der Waals surface area contributed by atoms with Gasteiger partial charge in [-0.3, -0.25) is 9.59 Å². The Kier molecular flexibility index (Phi) is 10.5. The van der Waals surface area contributed by atoms with E-state index in [0.29, 0.717) is 48.1 Å². The van der Waals surface area contributed by atoms with Crippen molar-refractivity contribution >= 4 is 29.8 Å². The summed E-state index contributed by atoms with van der Waals surface area (Å²) in [6.45, 7) is 7.87. The van der Waals surface area contributed by atoms with Gasteiger partial charge in [-0.1, -0.05) is 13.8 Å². The van der Waals surface area contributed by atoms with Crippen LogP contribution in [0.3, 0.4) is 0 Å². The zero-order valence-electron chi connectivity index (χ0n) is 17.0. The zero-order valence-corrected chi connectivity index (χ0v) is 17.8. The van der Waals surface area contributed by atoms with Crippen LogP contribution < -0.4 is 5.73 Å². The van der Waals surface area contributed by atoms with Crippen LogP contribution in [0.4, 0.5) is 5.82 Å². The maximum absolute atomic E-state index is 11.9. The molecule has 0 bridgehead atoms. The second-order valence-electron chi connectivity index (χ2n) is 6.86. The molecule has 0 fully saturated rings. The van der Waals surface area contributed by atoms with E-state index >= 15 is 0 Å². The number of rotatable bonds is 12. The number of hydrogen-bond donors (Lipinski definition) is 2. The van der Waals surface area contributed by atoms with Crippen molar-refractivity contribution in [3.63, 3.8) is 0 Å². The highest BCUT2D eigenvalue weighted by molar-refractivity contribution is 8.05. The van der Waals surface area contributed by atoms with Crippen molar-refractivity contribution in [3.8, 4) is 0 Å². The number of nitrogens with two attached hydrogens (primary N) is 1. The summed E-state index contributed by atoms with van der Waals surface area (Å²) >= 11 is 1.33. The first-order chi connectivity index (χ1) is 13.3. The maximum atomic E-state index is 11.9. The lowest BCUT2D eigenvalue weighted by Gasteiger charge is -2.21. The molecule has 0 aromatic carbocycles. The van der Waals surface area contributed by atoms with Gasteiger partial charge in [-0.15, -0.1) is 11.8 Å². The third-order valence-electron chi connectivity index (χ3n) is 4.09. The van der Waals surface area contributed by atoms with E-state index in [1.807, 2.05) is 0 Å². The number of allylic oxidation sites excluding steroid dienone is 2. The molecule has 0 aliphatic heterocycles. The van der Waals surface area contributed by atoms with E-state index in [9.17, 15) is 14.7 Å². The van der Waals surface area contributed by atoms with Crippen molar-refractivity contribution in [3.05, 3.63) is 39.7 Å². The molecule has 1 heterocycles. The molecule has 1 rings (SSSR count). The third-order valence-corrected chi connectivity index (χ3v) is 5.15. The summed E-state index contributed by atoms with van der Waals surface area (Å²) in [7, 11) is 0. The number of aromatic nitrogens is 2. The van der Waals surface area contributed by atoms with Gasteiger partial charge in [-0.25, -0.2) is 9.97 Å².